The van der Waals surface area contributed by atoms with Gasteiger partial charge in [0.05, 0.1) is 6.61 Å². The Balaban J connectivity index is 5.15. The van der Waals surface area contributed by atoms with E-state index in [1.165, 1.54) is 12.0 Å². The van der Waals surface area contributed by atoms with E-state index in [0.29, 0.717) is 29.9 Å². The van der Waals surface area contributed by atoms with Crippen molar-refractivity contribution in [2.45, 2.75) is 77.8 Å². The number of hydrogen-bond donors (Lipinski definition) is 0. The molecule has 0 fully saturated rings. The summed E-state index contributed by atoms with van der Waals surface area (Å²) >= 11 is 1.42. The monoisotopic (exact) mass is 424 g/mol. The minimum absolute atomic E-state index is 0.320. The van der Waals surface area contributed by atoms with Gasteiger partial charge in [-0.2, -0.15) is 0 Å². The predicted molar refractivity (Wildman–Crippen MR) is 114 cm³/mol. The van der Waals surface area contributed by atoms with E-state index in [9.17, 15) is 4.79 Å². The van der Waals surface area contributed by atoms with Gasteiger partial charge in [0.1, 0.15) is 0 Å². The first-order chi connectivity index (χ1) is 11.2. The highest BCUT2D eigenvalue weighted by Crippen LogP contribution is 2.31. The van der Waals surface area contributed by atoms with Crippen molar-refractivity contribution >= 4 is 43.5 Å². The Bertz CT molecular complexity index is 428. The molecule has 0 aliphatic carbocycles. The molecule has 0 rings (SSSR count). The number of ether oxygens (including phenoxy) is 1. The Labute approximate surface area is 161 Å². The molecule has 5 nitrogen and oxygen atoms in total. The van der Waals surface area contributed by atoms with E-state index in [1.807, 2.05) is 0 Å². The van der Waals surface area contributed by atoms with Gasteiger partial charge in [0.15, 0.2) is 16.6 Å². The van der Waals surface area contributed by atoms with Crippen molar-refractivity contribution in [3.63, 3.8) is 0 Å². The molecule has 0 unspecified atom stereocenters. The first-order valence-corrected chi connectivity index (χ1v) is 18.3. The SMILES string of the molecule is C=C(C)C(=O)OCCC[Si](OSC(C)C)(O[Si](C)(C)C)O[Si](C)(C)C. The normalized spacial score (nSPS) is 13.2. The van der Waals surface area contributed by atoms with Gasteiger partial charge in [0.2, 0.25) is 0 Å². The number of hydrogen-bond acceptors (Lipinski definition) is 6. The van der Waals surface area contributed by atoms with Gasteiger partial charge < -0.3 is 16.8 Å². The highest BCUT2D eigenvalue weighted by Gasteiger charge is 2.48. The fraction of sp³-hybridized carbons (Fsp3) is 0.812. The van der Waals surface area contributed by atoms with Crippen molar-refractivity contribution in [1.29, 1.82) is 0 Å². The molecule has 0 amide bonds. The maximum absolute atomic E-state index is 11.5. The largest absolute Gasteiger partial charge is 0.491 e. The first-order valence-electron chi connectivity index (χ1n) is 8.73. The third-order valence-electron chi connectivity index (χ3n) is 2.50. The van der Waals surface area contributed by atoms with Crippen LogP contribution in [0.3, 0.4) is 0 Å². The standard InChI is InChI=1S/C16H36O5SSi3/c1-14(2)16(17)18-12-11-13-25(19-22-15(3)4,20-23(5,6)7)21-24(8,9)10/h15H,1,11-13H2,2-10H3. The molecule has 0 heterocycles. The maximum atomic E-state index is 11.5. The van der Waals surface area contributed by atoms with Gasteiger partial charge >= 0.3 is 14.8 Å². The van der Waals surface area contributed by atoms with E-state index in [0.717, 1.165) is 0 Å². The molecular weight excluding hydrogens is 388 g/mol. The van der Waals surface area contributed by atoms with Gasteiger partial charge in [0.25, 0.3) is 0 Å². The molecule has 0 aliphatic rings. The van der Waals surface area contributed by atoms with Crippen molar-refractivity contribution in [2.24, 2.45) is 0 Å². The van der Waals surface area contributed by atoms with Crippen LogP contribution < -0.4 is 0 Å². The smallest absolute Gasteiger partial charge is 0.462 e. The first kappa shape index (κ1) is 25.1. The molecule has 0 saturated carbocycles. The Morgan fingerprint density at radius 1 is 1.04 bits per heavy atom. The average Bonchev–Trinajstić information content (AvgIpc) is 2.37. The van der Waals surface area contributed by atoms with Gasteiger partial charge in [-0.05, 0) is 64.7 Å². The summed E-state index contributed by atoms with van der Waals surface area (Å²) in [4.78, 5) is 11.5. The third kappa shape index (κ3) is 13.0. The third-order valence-corrected chi connectivity index (χ3v) is 12.6. The van der Waals surface area contributed by atoms with Gasteiger partial charge in [-0.15, -0.1) is 0 Å². The zero-order chi connectivity index (χ0) is 19.9. The van der Waals surface area contributed by atoms with Crippen LogP contribution in [0.25, 0.3) is 0 Å². The van der Waals surface area contributed by atoms with Crippen LogP contribution >= 0.6 is 12.0 Å². The Morgan fingerprint density at radius 3 is 1.88 bits per heavy atom. The van der Waals surface area contributed by atoms with Crippen molar-refractivity contribution in [3.8, 4) is 0 Å². The second-order valence-corrected chi connectivity index (χ2v) is 22.1. The lowest BCUT2D eigenvalue weighted by Crippen LogP contribution is -2.56. The molecule has 0 aliphatic heterocycles. The molecular formula is C16H36O5SSi3. The molecule has 0 spiro atoms. The summed E-state index contributed by atoms with van der Waals surface area (Å²) in [7, 11) is -6.59. The van der Waals surface area contributed by atoms with Crippen LogP contribution in [0, 0.1) is 0 Å². The van der Waals surface area contributed by atoms with Gasteiger partial charge in [-0.25, -0.2) is 4.79 Å². The van der Waals surface area contributed by atoms with Crippen molar-refractivity contribution in [2.75, 3.05) is 6.61 Å². The molecule has 0 bridgehead atoms. The number of carbonyl (C=O) groups excluding carboxylic acids is 1. The van der Waals surface area contributed by atoms with Crippen LogP contribution in [0.5, 0.6) is 0 Å². The number of carbonyl (C=O) groups is 1. The summed E-state index contributed by atoms with van der Waals surface area (Å²) in [6, 6.07) is 0.644. The van der Waals surface area contributed by atoms with E-state index in [1.54, 1.807) is 6.92 Å². The van der Waals surface area contributed by atoms with E-state index in [4.69, 9.17) is 16.8 Å². The summed E-state index contributed by atoms with van der Waals surface area (Å²) in [6.45, 7) is 22.6. The quantitative estimate of drug-likeness (QED) is 0.141. The van der Waals surface area contributed by atoms with Crippen LogP contribution in [-0.2, 0) is 21.6 Å². The van der Waals surface area contributed by atoms with Crippen LogP contribution in [0.2, 0.25) is 45.3 Å². The fourth-order valence-corrected chi connectivity index (χ4v) is 13.9. The molecule has 9 heteroatoms. The lowest BCUT2D eigenvalue weighted by Gasteiger charge is -2.39. The molecule has 0 atom stereocenters. The van der Waals surface area contributed by atoms with E-state index < -0.39 is 25.4 Å². The highest BCUT2D eigenvalue weighted by molar-refractivity contribution is 7.96. The van der Waals surface area contributed by atoms with Crippen LogP contribution in [0.15, 0.2) is 12.2 Å². The van der Waals surface area contributed by atoms with Crippen LogP contribution in [0.1, 0.15) is 27.2 Å². The Hall–Kier alpha value is 0.0906. The zero-order valence-corrected chi connectivity index (χ0v) is 21.2. The summed E-state index contributed by atoms with van der Waals surface area (Å²) in [5.74, 6) is -0.359. The average molecular weight is 425 g/mol. The molecule has 148 valence electrons. The molecule has 0 aromatic rings. The van der Waals surface area contributed by atoms with Crippen molar-refractivity contribution in [1.82, 2.24) is 0 Å². The second-order valence-electron chi connectivity index (χ2n) is 8.36. The van der Waals surface area contributed by atoms with E-state index in [2.05, 4.69) is 59.7 Å². The van der Waals surface area contributed by atoms with E-state index in [-0.39, 0.29) is 5.97 Å². The lowest BCUT2D eigenvalue weighted by atomic mass is 10.4. The minimum atomic E-state index is -2.86. The zero-order valence-electron chi connectivity index (χ0n) is 17.4. The maximum Gasteiger partial charge on any atom is 0.491 e. The predicted octanol–water partition coefficient (Wildman–Crippen LogP) is 5.21. The Kier molecular flexibility index (Phi) is 10.5. The molecule has 25 heavy (non-hydrogen) atoms. The molecule has 0 radical (unpaired) electrons. The fourth-order valence-electron chi connectivity index (χ4n) is 1.88. The summed E-state index contributed by atoms with van der Waals surface area (Å²) in [6.07, 6.45) is 0.652. The van der Waals surface area contributed by atoms with Gasteiger partial charge in [-0.3, -0.25) is 0 Å². The van der Waals surface area contributed by atoms with Crippen LogP contribution in [-0.4, -0.2) is 43.3 Å². The van der Waals surface area contributed by atoms with Gasteiger partial charge in [-0.1, -0.05) is 20.4 Å². The van der Waals surface area contributed by atoms with Crippen molar-refractivity contribution < 1.29 is 21.6 Å². The van der Waals surface area contributed by atoms with Crippen molar-refractivity contribution in [3.05, 3.63) is 12.2 Å². The second kappa shape index (κ2) is 10.4. The van der Waals surface area contributed by atoms with Gasteiger partial charge in [0, 0.05) is 16.9 Å². The number of esters is 1. The minimum Gasteiger partial charge on any atom is -0.462 e. The summed E-state index contributed by atoms with van der Waals surface area (Å²) in [5.41, 5.74) is 0.409. The summed E-state index contributed by atoms with van der Waals surface area (Å²) in [5, 5.41) is 0.323. The Morgan fingerprint density at radius 2 is 1.52 bits per heavy atom. The van der Waals surface area contributed by atoms with Crippen LogP contribution in [0.4, 0.5) is 0 Å². The number of rotatable bonds is 12. The molecule has 0 saturated heterocycles. The van der Waals surface area contributed by atoms with E-state index >= 15 is 0 Å². The topological polar surface area (TPSA) is 54.0 Å². The lowest BCUT2D eigenvalue weighted by molar-refractivity contribution is -0.138. The molecule has 0 N–H and O–H groups in total. The summed E-state index contributed by atoms with van der Waals surface area (Å²) < 4.78 is 24.4. The highest BCUT2D eigenvalue weighted by atomic mass is 32.2. The molecule has 0 aromatic carbocycles. The molecule has 0 aromatic heterocycles.